The fourth-order valence-corrected chi connectivity index (χ4v) is 2.29. The third kappa shape index (κ3) is 3.01. The number of carbonyl (C=O) groups excluding carboxylic acids is 1. The Labute approximate surface area is 127 Å². The largest absolute Gasteiger partial charge is 0.464 e. The molecule has 22 heavy (non-hydrogen) atoms. The molecule has 0 fully saturated rings. The van der Waals surface area contributed by atoms with Crippen molar-refractivity contribution in [3.63, 3.8) is 0 Å². The number of aromatic nitrogens is 2. The van der Waals surface area contributed by atoms with E-state index in [1.807, 2.05) is 24.3 Å². The van der Waals surface area contributed by atoms with Crippen LogP contribution in [-0.2, 0) is 11.3 Å². The van der Waals surface area contributed by atoms with Gasteiger partial charge in [-0.2, -0.15) is 5.10 Å². The van der Waals surface area contributed by atoms with E-state index in [0.29, 0.717) is 5.76 Å². The standard InChI is InChI=1S/C16H17N3O3/c1-11-6-7-15(22-11)14(20)9-17-16(21)10-19-13-5-3-2-4-12(13)8-18-19/h2-8,14,20H,9-10H2,1H3,(H,17,21). The molecule has 0 spiro atoms. The number of hydrogen-bond donors (Lipinski definition) is 2. The van der Waals surface area contributed by atoms with Gasteiger partial charge in [0.2, 0.25) is 5.91 Å². The van der Waals surface area contributed by atoms with Gasteiger partial charge in [-0.25, -0.2) is 0 Å². The highest BCUT2D eigenvalue weighted by Gasteiger charge is 2.13. The van der Waals surface area contributed by atoms with Crippen molar-refractivity contribution in [2.45, 2.75) is 19.6 Å². The smallest absolute Gasteiger partial charge is 0.241 e. The predicted molar refractivity (Wildman–Crippen MR) is 81.1 cm³/mol. The van der Waals surface area contributed by atoms with E-state index < -0.39 is 6.10 Å². The highest BCUT2D eigenvalue weighted by Crippen LogP contribution is 2.15. The van der Waals surface area contributed by atoms with Crippen LogP contribution in [0.1, 0.15) is 17.6 Å². The van der Waals surface area contributed by atoms with Crippen molar-refractivity contribution < 1.29 is 14.3 Å². The van der Waals surface area contributed by atoms with Crippen molar-refractivity contribution in [3.05, 3.63) is 54.1 Å². The Bertz CT molecular complexity index is 791. The number of benzene rings is 1. The topological polar surface area (TPSA) is 80.3 Å². The lowest BCUT2D eigenvalue weighted by Gasteiger charge is -2.10. The van der Waals surface area contributed by atoms with E-state index in [9.17, 15) is 9.90 Å². The highest BCUT2D eigenvalue weighted by molar-refractivity contribution is 5.81. The van der Waals surface area contributed by atoms with Gasteiger partial charge in [0, 0.05) is 5.39 Å². The molecule has 0 aliphatic rings. The van der Waals surface area contributed by atoms with Gasteiger partial charge < -0.3 is 14.8 Å². The number of hydrogen-bond acceptors (Lipinski definition) is 4. The van der Waals surface area contributed by atoms with Gasteiger partial charge in [-0.1, -0.05) is 18.2 Å². The minimum absolute atomic E-state index is 0.102. The molecule has 1 unspecified atom stereocenters. The molecule has 6 nitrogen and oxygen atoms in total. The zero-order valence-electron chi connectivity index (χ0n) is 12.2. The van der Waals surface area contributed by atoms with Crippen LogP contribution in [0.4, 0.5) is 0 Å². The number of carbonyl (C=O) groups is 1. The Balaban J connectivity index is 1.58. The lowest BCUT2D eigenvalue weighted by Crippen LogP contribution is -2.31. The SMILES string of the molecule is Cc1ccc(C(O)CNC(=O)Cn2ncc3ccccc32)o1. The third-order valence-electron chi connectivity index (χ3n) is 3.43. The lowest BCUT2D eigenvalue weighted by atomic mass is 10.2. The van der Waals surface area contributed by atoms with E-state index in [1.54, 1.807) is 29.9 Å². The van der Waals surface area contributed by atoms with E-state index in [-0.39, 0.29) is 19.0 Å². The van der Waals surface area contributed by atoms with Gasteiger partial charge in [-0.05, 0) is 25.1 Å². The number of fused-ring (bicyclic) bond motifs is 1. The van der Waals surface area contributed by atoms with Crippen molar-refractivity contribution in [2.75, 3.05) is 6.54 Å². The second-order valence-corrected chi connectivity index (χ2v) is 5.13. The first kappa shape index (κ1) is 14.3. The average Bonchev–Trinajstić information content (AvgIpc) is 3.12. The fraction of sp³-hybridized carbons (Fsp3) is 0.250. The molecule has 3 aromatic rings. The first-order valence-electron chi connectivity index (χ1n) is 7.05. The molecule has 1 atom stereocenters. The average molecular weight is 299 g/mol. The number of aliphatic hydroxyl groups excluding tert-OH is 1. The molecule has 114 valence electrons. The Morgan fingerprint density at radius 1 is 1.36 bits per heavy atom. The zero-order valence-corrected chi connectivity index (χ0v) is 12.2. The van der Waals surface area contributed by atoms with E-state index in [2.05, 4.69) is 10.4 Å². The number of furan rings is 1. The maximum Gasteiger partial charge on any atom is 0.241 e. The minimum Gasteiger partial charge on any atom is -0.464 e. The monoisotopic (exact) mass is 299 g/mol. The van der Waals surface area contributed by atoms with Crippen LogP contribution in [0.2, 0.25) is 0 Å². The molecule has 1 amide bonds. The molecule has 2 aromatic heterocycles. The number of amides is 1. The molecular formula is C16H17N3O3. The Morgan fingerprint density at radius 2 is 2.18 bits per heavy atom. The third-order valence-corrected chi connectivity index (χ3v) is 3.43. The number of nitrogens with one attached hydrogen (secondary N) is 1. The Kier molecular flexibility index (Phi) is 3.93. The molecule has 0 bridgehead atoms. The number of para-hydroxylation sites is 1. The highest BCUT2D eigenvalue weighted by atomic mass is 16.4. The van der Waals surface area contributed by atoms with Gasteiger partial charge >= 0.3 is 0 Å². The van der Waals surface area contributed by atoms with Crippen LogP contribution in [0.3, 0.4) is 0 Å². The summed E-state index contributed by atoms with van der Waals surface area (Å²) >= 11 is 0. The summed E-state index contributed by atoms with van der Waals surface area (Å²) in [6.45, 7) is 2.01. The Hall–Kier alpha value is -2.60. The normalized spacial score (nSPS) is 12.5. The molecule has 0 aliphatic carbocycles. The van der Waals surface area contributed by atoms with Gasteiger partial charge in [-0.3, -0.25) is 9.48 Å². The number of rotatable bonds is 5. The van der Waals surface area contributed by atoms with E-state index in [4.69, 9.17) is 4.42 Å². The second-order valence-electron chi connectivity index (χ2n) is 5.13. The summed E-state index contributed by atoms with van der Waals surface area (Å²) in [4.78, 5) is 12.0. The van der Waals surface area contributed by atoms with Gasteiger partial charge in [-0.15, -0.1) is 0 Å². The minimum atomic E-state index is -0.855. The van der Waals surface area contributed by atoms with Crippen molar-refractivity contribution in [1.82, 2.24) is 15.1 Å². The maximum absolute atomic E-state index is 12.0. The molecule has 1 aromatic carbocycles. The number of aliphatic hydroxyl groups is 1. The quantitative estimate of drug-likeness (QED) is 0.752. The van der Waals surface area contributed by atoms with E-state index >= 15 is 0 Å². The Morgan fingerprint density at radius 3 is 2.95 bits per heavy atom. The van der Waals surface area contributed by atoms with Gasteiger partial charge in [0.25, 0.3) is 0 Å². The van der Waals surface area contributed by atoms with Crippen LogP contribution in [0.5, 0.6) is 0 Å². The predicted octanol–water partition coefficient (Wildman–Crippen LogP) is 1.79. The summed E-state index contributed by atoms with van der Waals surface area (Å²) in [5.41, 5.74) is 0.903. The van der Waals surface area contributed by atoms with Gasteiger partial charge in [0.05, 0.1) is 18.3 Å². The molecular weight excluding hydrogens is 282 g/mol. The first-order chi connectivity index (χ1) is 10.6. The zero-order chi connectivity index (χ0) is 15.5. The summed E-state index contributed by atoms with van der Waals surface area (Å²) in [5, 5.41) is 17.8. The van der Waals surface area contributed by atoms with Crippen LogP contribution in [0.25, 0.3) is 10.9 Å². The summed E-state index contributed by atoms with van der Waals surface area (Å²) < 4.78 is 6.96. The summed E-state index contributed by atoms with van der Waals surface area (Å²) in [5.74, 6) is 0.960. The van der Waals surface area contributed by atoms with Crippen LogP contribution in [0, 0.1) is 6.92 Å². The van der Waals surface area contributed by atoms with Crippen molar-refractivity contribution in [1.29, 1.82) is 0 Å². The van der Waals surface area contributed by atoms with E-state index in [0.717, 1.165) is 16.7 Å². The summed E-state index contributed by atoms with van der Waals surface area (Å²) in [7, 11) is 0. The van der Waals surface area contributed by atoms with Crippen molar-refractivity contribution in [3.8, 4) is 0 Å². The number of nitrogens with zero attached hydrogens (tertiary/aromatic N) is 2. The second kappa shape index (κ2) is 6.03. The van der Waals surface area contributed by atoms with Crippen LogP contribution in [0.15, 0.2) is 47.0 Å². The molecule has 0 saturated heterocycles. The summed E-state index contributed by atoms with van der Waals surface area (Å²) in [6.07, 6.45) is 0.871. The van der Waals surface area contributed by atoms with Gasteiger partial charge in [0.15, 0.2) is 0 Å². The molecule has 0 aliphatic heterocycles. The van der Waals surface area contributed by atoms with Gasteiger partial charge in [0.1, 0.15) is 24.2 Å². The summed E-state index contributed by atoms with van der Waals surface area (Å²) in [6, 6.07) is 11.2. The molecule has 2 N–H and O–H groups in total. The van der Waals surface area contributed by atoms with Crippen LogP contribution >= 0.6 is 0 Å². The maximum atomic E-state index is 12.0. The molecule has 3 rings (SSSR count). The first-order valence-corrected chi connectivity index (χ1v) is 7.05. The van der Waals surface area contributed by atoms with Crippen molar-refractivity contribution in [2.24, 2.45) is 0 Å². The molecule has 2 heterocycles. The van der Waals surface area contributed by atoms with Crippen molar-refractivity contribution >= 4 is 16.8 Å². The molecule has 0 saturated carbocycles. The molecule has 0 radical (unpaired) electrons. The fourth-order valence-electron chi connectivity index (χ4n) is 2.29. The van der Waals surface area contributed by atoms with Crippen LogP contribution < -0.4 is 5.32 Å². The van der Waals surface area contributed by atoms with Crippen LogP contribution in [-0.4, -0.2) is 27.3 Å². The lowest BCUT2D eigenvalue weighted by molar-refractivity contribution is -0.122. The molecule has 6 heteroatoms. The number of aryl methyl sites for hydroxylation is 1. The van der Waals surface area contributed by atoms with E-state index in [1.165, 1.54) is 0 Å².